The van der Waals surface area contributed by atoms with Gasteiger partial charge in [0.25, 0.3) is 5.91 Å². The first-order valence-corrected chi connectivity index (χ1v) is 8.38. The Morgan fingerprint density at radius 3 is 2.12 bits per heavy atom. The number of aromatic nitrogens is 1. The molecule has 2 N–H and O–H groups in total. The Hall–Kier alpha value is -2.68. The molecule has 1 aromatic heterocycles. The molecule has 140 valence electrons. The lowest BCUT2D eigenvalue weighted by atomic mass is 10.1. The van der Waals surface area contributed by atoms with E-state index >= 15 is 0 Å². The van der Waals surface area contributed by atoms with Crippen LogP contribution in [-0.4, -0.2) is 37.7 Å². The number of benzene rings is 1. The van der Waals surface area contributed by atoms with Crippen LogP contribution in [0.1, 0.15) is 16.1 Å². The normalized spacial score (nSPS) is 10.2. The number of hydrogen-bond donors (Lipinski definition) is 2. The molecule has 1 heterocycles. The molecule has 1 aromatic carbocycles. The molecule has 0 aliphatic carbocycles. The van der Waals surface area contributed by atoms with Crippen molar-refractivity contribution in [1.29, 1.82) is 0 Å². The molecule has 2 aromatic rings. The summed E-state index contributed by atoms with van der Waals surface area (Å²) in [4.78, 5) is 24.2. The average Bonchev–Trinajstić information content (AvgIpc) is 2.96. The zero-order valence-corrected chi connectivity index (χ0v) is 16.5. The Labute approximate surface area is 159 Å². The van der Waals surface area contributed by atoms with Crippen molar-refractivity contribution in [2.75, 3.05) is 21.3 Å². The number of ether oxygens (including phenoxy) is 3. The summed E-state index contributed by atoms with van der Waals surface area (Å²) in [5.41, 5.74) is 5.83. The smallest absolute Gasteiger partial charge is 0.286 e. The molecule has 0 spiro atoms. The predicted octanol–water partition coefficient (Wildman–Crippen LogP) is 1.82. The van der Waals surface area contributed by atoms with Crippen LogP contribution >= 0.6 is 15.9 Å². The predicted molar refractivity (Wildman–Crippen MR) is 98.5 cm³/mol. The van der Waals surface area contributed by atoms with Crippen LogP contribution in [0.25, 0.3) is 0 Å². The standard InChI is InChI=1S/C17H20BrN3O5/c1-21-9-11(18)8-12(21)17(23)20-19-15(22)7-10-5-13(24-2)16(26-4)14(6-10)25-3/h5-6,8-9H,7H2,1-4H3,(H,19,22)(H,20,23). The molecule has 2 rings (SSSR count). The highest BCUT2D eigenvalue weighted by molar-refractivity contribution is 9.10. The van der Waals surface area contributed by atoms with Gasteiger partial charge < -0.3 is 18.8 Å². The lowest BCUT2D eigenvalue weighted by molar-refractivity contribution is -0.121. The minimum Gasteiger partial charge on any atom is -0.493 e. The third-order valence-corrected chi connectivity index (χ3v) is 4.04. The van der Waals surface area contributed by atoms with Gasteiger partial charge in [0.2, 0.25) is 11.7 Å². The van der Waals surface area contributed by atoms with Crippen LogP contribution in [0.5, 0.6) is 17.2 Å². The largest absolute Gasteiger partial charge is 0.493 e. The third kappa shape index (κ3) is 4.48. The second kappa shape index (κ2) is 8.61. The van der Waals surface area contributed by atoms with Crippen molar-refractivity contribution in [3.05, 3.63) is 40.1 Å². The first-order valence-electron chi connectivity index (χ1n) is 7.59. The van der Waals surface area contributed by atoms with Crippen molar-refractivity contribution < 1.29 is 23.8 Å². The Morgan fingerprint density at radius 1 is 1.04 bits per heavy atom. The van der Waals surface area contributed by atoms with Crippen LogP contribution in [0.3, 0.4) is 0 Å². The Balaban J connectivity index is 2.03. The molecule has 0 saturated heterocycles. The van der Waals surface area contributed by atoms with E-state index in [1.165, 1.54) is 21.3 Å². The monoisotopic (exact) mass is 425 g/mol. The summed E-state index contributed by atoms with van der Waals surface area (Å²) in [5, 5.41) is 0. The highest BCUT2D eigenvalue weighted by Crippen LogP contribution is 2.38. The fourth-order valence-corrected chi connectivity index (χ4v) is 2.93. The quantitative estimate of drug-likeness (QED) is 0.688. The van der Waals surface area contributed by atoms with Gasteiger partial charge in [0, 0.05) is 17.7 Å². The van der Waals surface area contributed by atoms with Gasteiger partial charge >= 0.3 is 0 Å². The number of amides is 2. The van der Waals surface area contributed by atoms with Crippen molar-refractivity contribution in [2.45, 2.75) is 6.42 Å². The zero-order valence-electron chi connectivity index (χ0n) is 14.9. The topological polar surface area (TPSA) is 90.8 Å². The van der Waals surface area contributed by atoms with E-state index < -0.39 is 5.91 Å². The number of hydrazine groups is 1. The Kier molecular flexibility index (Phi) is 6.51. The summed E-state index contributed by atoms with van der Waals surface area (Å²) in [6.45, 7) is 0. The molecule has 26 heavy (non-hydrogen) atoms. The summed E-state index contributed by atoms with van der Waals surface area (Å²) in [5.74, 6) is 0.541. The number of hydrogen-bond acceptors (Lipinski definition) is 5. The number of carbonyl (C=O) groups is 2. The summed E-state index contributed by atoms with van der Waals surface area (Å²) < 4.78 is 18.2. The summed E-state index contributed by atoms with van der Waals surface area (Å²) in [7, 11) is 6.24. The summed E-state index contributed by atoms with van der Waals surface area (Å²) >= 11 is 3.29. The maximum Gasteiger partial charge on any atom is 0.286 e. The molecule has 0 unspecified atom stereocenters. The van der Waals surface area contributed by atoms with Crippen LogP contribution in [0.4, 0.5) is 0 Å². The average molecular weight is 426 g/mol. The molecule has 0 aliphatic heterocycles. The number of nitrogens with one attached hydrogen (secondary N) is 2. The van der Waals surface area contributed by atoms with Crippen LogP contribution in [0.2, 0.25) is 0 Å². The molecule has 8 nitrogen and oxygen atoms in total. The molecule has 2 amide bonds. The first kappa shape index (κ1) is 19.6. The molecular formula is C17H20BrN3O5. The lowest BCUT2D eigenvalue weighted by Crippen LogP contribution is -2.42. The van der Waals surface area contributed by atoms with E-state index in [-0.39, 0.29) is 12.3 Å². The molecular weight excluding hydrogens is 406 g/mol. The molecule has 0 bridgehead atoms. The first-order chi connectivity index (χ1) is 12.4. The minimum absolute atomic E-state index is 0.0217. The number of halogens is 1. The molecule has 0 radical (unpaired) electrons. The number of methoxy groups -OCH3 is 3. The SMILES string of the molecule is COc1cc(CC(=O)NNC(=O)c2cc(Br)cn2C)cc(OC)c1OC. The molecule has 0 atom stereocenters. The van der Waals surface area contributed by atoms with Gasteiger partial charge in [-0.1, -0.05) is 0 Å². The Bertz CT molecular complexity index is 794. The van der Waals surface area contributed by atoms with E-state index in [0.717, 1.165) is 4.47 Å². The van der Waals surface area contributed by atoms with Crippen LogP contribution in [0.15, 0.2) is 28.9 Å². The number of aryl methyl sites for hydroxylation is 1. The highest BCUT2D eigenvalue weighted by atomic mass is 79.9. The van der Waals surface area contributed by atoms with Crippen molar-refractivity contribution in [2.24, 2.45) is 7.05 Å². The van der Waals surface area contributed by atoms with Gasteiger partial charge in [-0.3, -0.25) is 20.4 Å². The Morgan fingerprint density at radius 2 is 1.65 bits per heavy atom. The number of nitrogens with zero attached hydrogens (tertiary/aromatic N) is 1. The van der Waals surface area contributed by atoms with Gasteiger partial charge in [0.05, 0.1) is 27.8 Å². The van der Waals surface area contributed by atoms with Crippen LogP contribution in [0, 0.1) is 0 Å². The number of carbonyl (C=O) groups excluding carboxylic acids is 2. The van der Waals surface area contributed by atoms with Crippen molar-refractivity contribution in [1.82, 2.24) is 15.4 Å². The minimum atomic E-state index is -0.420. The van der Waals surface area contributed by atoms with Gasteiger partial charge in [0.15, 0.2) is 11.5 Å². The van der Waals surface area contributed by atoms with E-state index in [1.54, 1.807) is 36.0 Å². The fourth-order valence-electron chi connectivity index (χ4n) is 2.41. The van der Waals surface area contributed by atoms with Crippen LogP contribution < -0.4 is 25.1 Å². The fraction of sp³-hybridized carbons (Fsp3) is 0.294. The summed E-state index contributed by atoms with van der Waals surface area (Å²) in [6, 6.07) is 5.01. The maximum absolute atomic E-state index is 12.1. The van der Waals surface area contributed by atoms with Crippen LogP contribution in [-0.2, 0) is 18.3 Å². The van der Waals surface area contributed by atoms with Crippen molar-refractivity contribution >= 4 is 27.7 Å². The molecule has 0 saturated carbocycles. The summed E-state index contributed by atoms with van der Waals surface area (Å²) in [6.07, 6.45) is 1.76. The zero-order chi connectivity index (χ0) is 19.3. The second-order valence-corrected chi connectivity index (χ2v) is 6.28. The van der Waals surface area contributed by atoms with E-state index in [0.29, 0.717) is 28.5 Å². The van der Waals surface area contributed by atoms with Gasteiger partial charge in [-0.15, -0.1) is 0 Å². The van der Waals surface area contributed by atoms with Gasteiger partial charge in [-0.05, 0) is 39.7 Å². The molecule has 9 heteroatoms. The van der Waals surface area contributed by atoms with Crippen molar-refractivity contribution in [3.63, 3.8) is 0 Å². The molecule has 0 aliphatic rings. The van der Waals surface area contributed by atoms with E-state index in [2.05, 4.69) is 26.8 Å². The van der Waals surface area contributed by atoms with E-state index in [1.807, 2.05) is 0 Å². The lowest BCUT2D eigenvalue weighted by Gasteiger charge is -2.14. The number of rotatable bonds is 6. The molecule has 0 fully saturated rings. The third-order valence-electron chi connectivity index (χ3n) is 3.61. The van der Waals surface area contributed by atoms with Gasteiger partial charge in [-0.2, -0.15) is 0 Å². The van der Waals surface area contributed by atoms with Crippen molar-refractivity contribution in [3.8, 4) is 17.2 Å². The maximum atomic E-state index is 12.1. The van der Waals surface area contributed by atoms with E-state index in [4.69, 9.17) is 14.2 Å². The van der Waals surface area contributed by atoms with Gasteiger partial charge in [0.1, 0.15) is 5.69 Å². The van der Waals surface area contributed by atoms with E-state index in [9.17, 15) is 9.59 Å². The van der Waals surface area contributed by atoms with Gasteiger partial charge in [-0.25, -0.2) is 0 Å². The highest BCUT2D eigenvalue weighted by Gasteiger charge is 2.16. The second-order valence-electron chi connectivity index (χ2n) is 5.37.